The fraction of sp³-hybridized carbons (Fsp3) is 0.222. The van der Waals surface area contributed by atoms with E-state index in [1.165, 1.54) is 0 Å². The lowest BCUT2D eigenvalue weighted by Gasteiger charge is -2.27. The molecule has 1 aliphatic rings. The molecule has 9 heteroatoms. The number of fused-ring (bicyclic) bond motifs is 1. The summed E-state index contributed by atoms with van der Waals surface area (Å²) in [7, 11) is 0. The Bertz CT molecular complexity index is 1540. The molecule has 1 saturated heterocycles. The SMILES string of the molecule is C=C1C(=Nc2cccnc2CC)C(=C(C)N)C(c2ccc(Cl)cc2)N1c1cc(C)c2nnc(C)n2n1. The van der Waals surface area contributed by atoms with Crippen molar-refractivity contribution in [3.8, 4) is 0 Å². The van der Waals surface area contributed by atoms with Crippen LogP contribution in [0.5, 0.6) is 0 Å². The molecule has 1 atom stereocenters. The number of aliphatic imine (C=N–C) groups is 1. The Hall–Kier alpha value is -4.04. The van der Waals surface area contributed by atoms with Crippen molar-refractivity contribution in [3.05, 3.63) is 99.9 Å². The van der Waals surface area contributed by atoms with Crippen LogP contribution in [0.4, 0.5) is 11.5 Å². The van der Waals surface area contributed by atoms with Crippen LogP contribution in [0.2, 0.25) is 5.02 Å². The number of pyridine rings is 1. The molecule has 4 heterocycles. The normalized spacial score (nSPS) is 18.5. The third kappa shape index (κ3) is 3.93. The Balaban J connectivity index is 1.78. The number of benzene rings is 1. The van der Waals surface area contributed by atoms with E-state index in [0.29, 0.717) is 39.4 Å². The van der Waals surface area contributed by atoms with Crippen LogP contribution in [0, 0.1) is 13.8 Å². The lowest BCUT2D eigenvalue weighted by atomic mass is 9.96. The third-order valence-corrected chi connectivity index (χ3v) is 6.59. The number of nitrogens with two attached hydrogens (primary N) is 1. The van der Waals surface area contributed by atoms with Crippen LogP contribution in [0.15, 0.2) is 77.2 Å². The van der Waals surface area contributed by atoms with E-state index in [1.807, 2.05) is 63.2 Å². The first-order valence-corrected chi connectivity index (χ1v) is 12.1. The van der Waals surface area contributed by atoms with Crippen LogP contribution in [0.25, 0.3) is 5.65 Å². The predicted molar refractivity (Wildman–Crippen MR) is 144 cm³/mol. The van der Waals surface area contributed by atoms with Gasteiger partial charge in [-0.3, -0.25) is 4.98 Å². The average Bonchev–Trinajstić information content (AvgIpc) is 3.37. The minimum atomic E-state index is -0.304. The molecule has 36 heavy (non-hydrogen) atoms. The summed E-state index contributed by atoms with van der Waals surface area (Å²) >= 11 is 6.23. The minimum absolute atomic E-state index is 0.304. The molecule has 1 aliphatic heterocycles. The van der Waals surface area contributed by atoms with Crippen LogP contribution in [0.3, 0.4) is 0 Å². The zero-order valence-corrected chi connectivity index (χ0v) is 21.5. The molecule has 5 rings (SSSR count). The maximum atomic E-state index is 6.54. The molecule has 1 fully saturated rings. The summed E-state index contributed by atoms with van der Waals surface area (Å²) in [5.74, 6) is 1.39. The number of hydrogen-bond acceptors (Lipinski definition) is 7. The number of halogens is 1. The van der Waals surface area contributed by atoms with Gasteiger partial charge in [-0.05, 0) is 68.7 Å². The van der Waals surface area contributed by atoms with Crippen LogP contribution in [0.1, 0.15) is 42.5 Å². The maximum Gasteiger partial charge on any atom is 0.180 e. The zero-order chi connectivity index (χ0) is 25.6. The molecule has 0 bridgehead atoms. The van der Waals surface area contributed by atoms with E-state index in [2.05, 4.69) is 33.6 Å². The first-order valence-electron chi connectivity index (χ1n) is 11.7. The van der Waals surface area contributed by atoms with Crippen LogP contribution < -0.4 is 10.6 Å². The molecule has 0 saturated carbocycles. The van der Waals surface area contributed by atoms with Crippen molar-refractivity contribution >= 4 is 34.5 Å². The number of rotatable bonds is 4. The highest BCUT2D eigenvalue weighted by Crippen LogP contribution is 2.45. The van der Waals surface area contributed by atoms with Gasteiger partial charge in [0.05, 0.1) is 28.8 Å². The lowest BCUT2D eigenvalue weighted by molar-refractivity contribution is 0.781. The molecule has 4 aromatic rings. The second kappa shape index (κ2) is 9.20. The van der Waals surface area contributed by atoms with Crippen LogP contribution in [-0.4, -0.2) is 30.5 Å². The molecule has 2 N–H and O–H groups in total. The van der Waals surface area contributed by atoms with E-state index in [4.69, 9.17) is 27.4 Å². The van der Waals surface area contributed by atoms with Crippen molar-refractivity contribution in [2.75, 3.05) is 4.90 Å². The molecule has 0 radical (unpaired) electrons. The highest BCUT2D eigenvalue weighted by Gasteiger charge is 2.41. The highest BCUT2D eigenvalue weighted by molar-refractivity contribution is 6.30. The van der Waals surface area contributed by atoms with Gasteiger partial charge in [-0.2, -0.15) is 4.52 Å². The second-order valence-corrected chi connectivity index (χ2v) is 9.26. The van der Waals surface area contributed by atoms with Crippen LogP contribution >= 0.6 is 11.6 Å². The molecule has 1 unspecified atom stereocenters. The van der Waals surface area contributed by atoms with Crippen molar-refractivity contribution in [3.63, 3.8) is 0 Å². The fourth-order valence-corrected chi connectivity index (χ4v) is 4.72. The molecule has 1 aromatic carbocycles. The number of anilines is 1. The summed E-state index contributed by atoms with van der Waals surface area (Å²) in [6, 6.07) is 13.3. The number of aromatic nitrogens is 5. The summed E-state index contributed by atoms with van der Waals surface area (Å²) in [6.45, 7) is 12.3. The van der Waals surface area contributed by atoms with Crippen molar-refractivity contribution < 1.29 is 0 Å². The van der Waals surface area contributed by atoms with Gasteiger partial charge in [0.1, 0.15) is 0 Å². The van der Waals surface area contributed by atoms with Gasteiger partial charge in [0.25, 0.3) is 0 Å². The molecule has 0 aliphatic carbocycles. The van der Waals surface area contributed by atoms with Gasteiger partial charge < -0.3 is 10.6 Å². The summed E-state index contributed by atoms with van der Waals surface area (Å²) in [5.41, 5.74) is 13.8. The van der Waals surface area contributed by atoms with Crippen molar-refractivity contribution in [2.45, 2.75) is 40.2 Å². The third-order valence-electron chi connectivity index (χ3n) is 6.34. The van der Waals surface area contributed by atoms with Crippen molar-refractivity contribution in [1.82, 2.24) is 24.8 Å². The molecule has 0 spiro atoms. The lowest BCUT2D eigenvalue weighted by Crippen LogP contribution is -2.24. The first-order chi connectivity index (χ1) is 17.3. The predicted octanol–water partition coefficient (Wildman–Crippen LogP) is 5.43. The van der Waals surface area contributed by atoms with E-state index < -0.39 is 0 Å². The van der Waals surface area contributed by atoms with E-state index in [9.17, 15) is 0 Å². The Morgan fingerprint density at radius 2 is 1.92 bits per heavy atom. The van der Waals surface area contributed by atoms with E-state index in [-0.39, 0.29) is 6.04 Å². The number of allylic oxidation sites excluding steroid dienone is 2. The van der Waals surface area contributed by atoms with Crippen LogP contribution in [-0.2, 0) is 6.42 Å². The second-order valence-electron chi connectivity index (χ2n) is 8.82. The Morgan fingerprint density at radius 3 is 2.61 bits per heavy atom. The average molecular weight is 499 g/mol. The Morgan fingerprint density at radius 1 is 1.17 bits per heavy atom. The number of nitrogens with zero attached hydrogens (tertiary/aromatic N) is 7. The van der Waals surface area contributed by atoms with Gasteiger partial charge in [-0.15, -0.1) is 15.3 Å². The number of hydrogen-bond donors (Lipinski definition) is 1. The molecule has 182 valence electrons. The van der Waals surface area contributed by atoms with Gasteiger partial charge in [0.2, 0.25) is 0 Å². The monoisotopic (exact) mass is 498 g/mol. The quantitative estimate of drug-likeness (QED) is 0.402. The molecular formula is C27H27ClN8. The van der Waals surface area contributed by atoms with Gasteiger partial charge in [0.15, 0.2) is 17.3 Å². The topological polar surface area (TPSA) is 97.6 Å². The van der Waals surface area contributed by atoms with Gasteiger partial charge >= 0.3 is 0 Å². The first kappa shape index (κ1) is 23.7. The van der Waals surface area contributed by atoms with Crippen molar-refractivity contribution in [1.29, 1.82) is 0 Å². The number of aryl methyl sites for hydroxylation is 3. The molecule has 0 amide bonds. The Labute approximate surface area is 214 Å². The van der Waals surface area contributed by atoms with E-state index in [0.717, 1.165) is 34.5 Å². The van der Waals surface area contributed by atoms with E-state index in [1.54, 1.807) is 10.7 Å². The smallest absolute Gasteiger partial charge is 0.180 e. The van der Waals surface area contributed by atoms with Gasteiger partial charge in [0, 0.05) is 22.5 Å². The summed E-state index contributed by atoms with van der Waals surface area (Å²) in [4.78, 5) is 11.6. The summed E-state index contributed by atoms with van der Waals surface area (Å²) in [6.07, 6.45) is 2.54. The standard InChI is InChI=1S/C27H27ClN8/c1-6-21-22(8-7-13-30-21)31-25-17(4)35(23-14-15(2)27-33-32-18(5)36(27)34-23)26(24(25)16(3)29)19-9-11-20(28)12-10-19/h7-14,26H,4,6,29H2,1-3,5H3. The van der Waals surface area contributed by atoms with Crippen molar-refractivity contribution in [2.24, 2.45) is 10.7 Å². The minimum Gasteiger partial charge on any atom is -0.402 e. The Kier molecular flexibility index (Phi) is 6.05. The molecule has 8 nitrogen and oxygen atoms in total. The highest BCUT2D eigenvalue weighted by atomic mass is 35.5. The largest absolute Gasteiger partial charge is 0.402 e. The van der Waals surface area contributed by atoms with E-state index >= 15 is 0 Å². The molecule has 3 aromatic heterocycles. The molecular weight excluding hydrogens is 472 g/mol. The summed E-state index contributed by atoms with van der Waals surface area (Å²) in [5, 5.41) is 14.0. The van der Waals surface area contributed by atoms with Gasteiger partial charge in [-0.1, -0.05) is 37.2 Å². The maximum absolute atomic E-state index is 6.54. The van der Waals surface area contributed by atoms with Gasteiger partial charge in [-0.25, -0.2) is 4.99 Å². The fourth-order valence-electron chi connectivity index (χ4n) is 4.60. The summed E-state index contributed by atoms with van der Waals surface area (Å²) < 4.78 is 1.75. The zero-order valence-electron chi connectivity index (χ0n) is 20.7.